The summed E-state index contributed by atoms with van der Waals surface area (Å²) in [4.78, 5) is 0. The Kier molecular flexibility index (Phi) is 6.93. The highest BCUT2D eigenvalue weighted by Gasteiger charge is 2.42. The average molecular weight is 415 g/mol. The van der Waals surface area contributed by atoms with Crippen LogP contribution in [0.1, 0.15) is 58.9 Å². The summed E-state index contributed by atoms with van der Waals surface area (Å²) in [6, 6.07) is 4.86. The highest BCUT2D eigenvalue weighted by Crippen LogP contribution is 2.38. The summed E-state index contributed by atoms with van der Waals surface area (Å²) >= 11 is 0. The van der Waals surface area contributed by atoms with Crippen LogP contribution in [0.4, 0.5) is 0 Å². The van der Waals surface area contributed by atoms with E-state index in [0.717, 1.165) is 6.42 Å². The molecule has 0 aromatic heterocycles. The van der Waals surface area contributed by atoms with Gasteiger partial charge >= 0.3 is 0 Å². The van der Waals surface area contributed by atoms with E-state index in [0.29, 0.717) is 0 Å². The molecule has 3 heteroatoms. The van der Waals surface area contributed by atoms with Gasteiger partial charge in [-0.25, -0.2) is 0 Å². The monoisotopic (exact) mass is 414 g/mol. The van der Waals surface area contributed by atoms with E-state index in [9.17, 15) is 0 Å². The molecule has 0 radical (unpaired) electrons. The van der Waals surface area contributed by atoms with Crippen molar-refractivity contribution < 1.29 is 4.74 Å². The van der Waals surface area contributed by atoms with Crippen molar-refractivity contribution in [2.24, 2.45) is 0 Å². The van der Waals surface area contributed by atoms with Gasteiger partial charge in [0.1, 0.15) is 13.8 Å². The molecule has 0 saturated carbocycles. The Hall–Kier alpha value is -1.07. The first-order valence-electron chi connectivity index (χ1n) is 11.0. The van der Waals surface area contributed by atoms with E-state index in [1.54, 1.807) is 10.8 Å². The number of unbranched alkanes of at least 4 members (excludes halogenated alkanes) is 1. The lowest BCUT2D eigenvalue weighted by Crippen LogP contribution is -2.54. The molecular weight excluding hydrogens is 372 g/mol. The first-order chi connectivity index (χ1) is 12.9. The lowest BCUT2D eigenvalue weighted by molar-refractivity contribution is 0.420. The van der Waals surface area contributed by atoms with Gasteiger partial charge in [-0.1, -0.05) is 101 Å². The van der Waals surface area contributed by atoms with Crippen molar-refractivity contribution >= 4 is 26.5 Å². The number of hydrogen-bond acceptors (Lipinski definition) is 1. The summed E-state index contributed by atoms with van der Waals surface area (Å²) in [5, 5.41) is 5.01. The van der Waals surface area contributed by atoms with Gasteiger partial charge in [0.05, 0.1) is 15.2 Å². The maximum Gasteiger partial charge on any atom is 0.117 e. The zero-order valence-corrected chi connectivity index (χ0v) is 22.0. The molecule has 1 aromatic carbocycles. The number of methoxy groups -OCH3 is 1. The van der Waals surface area contributed by atoms with Crippen molar-refractivity contribution in [3.05, 3.63) is 40.6 Å². The minimum absolute atomic E-state index is 0.289. The van der Waals surface area contributed by atoms with Crippen molar-refractivity contribution in [2.45, 2.75) is 91.5 Å². The van der Waals surface area contributed by atoms with E-state index in [1.807, 2.05) is 7.11 Å². The third-order valence-corrected chi connectivity index (χ3v) is 16.5. The zero-order valence-electron chi connectivity index (χ0n) is 20.0. The third kappa shape index (κ3) is 4.26. The quantitative estimate of drug-likeness (QED) is 0.455. The molecule has 0 heterocycles. The fourth-order valence-electron chi connectivity index (χ4n) is 4.30. The Morgan fingerprint density at radius 2 is 1.64 bits per heavy atom. The number of benzene rings is 1. The van der Waals surface area contributed by atoms with Crippen molar-refractivity contribution in [3.8, 4) is 5.75 Å². The first-order valence-corrected chi connectivity index (χ1v) is 17.0. The van der Waals surface area contributed by atoms with Gasteiger partial charge in [0.15, 0.2) is 0 Å². The van der Waals surface area contributed by atoms with Crippen LogP contribution < -0.4 is 15.1 Å². The number of aryl methyl sites for hydroxylation is 1. The maximum atomic E-state index is 6.20. The Balaban J connectivity index is 2.69. The molecule has 0 saturated heterocycles. The van der Waals surface area contributed by atoms with Gasteiger partial charge in [0, 0.05) is 0 Å². The molecule has 1 nitrogen and oxygen atoms in total. The van der Waals surface area contributed by atoms with E-state index in [4.69, 9.17) is 4.74 Å². The smallest absolute Gasteiger partial charge is 0.117 e. The summed E-state index contributed by atoms with van der Waals surface area (Å²) in [6.07, 6.45) is 9.68. The van der Waals surface area contributed by atoms with E-state index >= 15 is 0 Å². The molecule has 156 valence electrons. The van der Waals surface area contributed by atoms with E-state index in [-0.39, 0.29) is 5.04 Å². The van der Waals surface area contributed by atoms with Crippen molar-refractivity contribution in [1.29, 1.82) is 0 Å². The van der Waals surface area contributed by atoms with Gasteiger partial charge in [-0.15, -0.1) is 0 Å². The van der Waals surface area contributed by atoms with Gasteiger partial charge in [0.25, 0.3) is 0 Å². The number of rotatable bonds is 7. The van der Waals surface area contributed by atoms with Crippen LogP contribution in [-0.2, 0) is 0 Å². The topological polar surface area (TPSA) is 9.23 Å². The summed E-state index contributed by atoms with van der Waals surface area (Å²) < 4.78 is 6.20. The van der Waals surface area contributed by atoms with Crippen LogP contribution in [0.15, 0.2) is 35.1 Å². The van der Waals surface area contributed by atoms with Crippen LogP contribution in [0.2, 0.25) is 31.2 Å². The number of hydrogen-bond donors (Lipinski definition) is 0. The normalized spacial score (nSPS) is 15.5. The van der Waals surface area contributed by atoms with Gasteiger partial charge in [-0.2, -0.15) is 0 Å². The first kappa shape index (κ1) is 23.2. The number of allylic oxidation sites excluding steroid dienone is 4. The average Bonchev–Trinajstić information content (AvgIpc) is 3.07. The maximum absolute atomic E-state index is 6.20. The van der Waals surface area contributed by atoms with Crippen molar-refractivity contribution in [3.63, 3.8) is 0 Å². The standard InChI is InChI=1S/C25H42OSi2/c1-11-12-14-20-15-13-16-21(20)27(7,8)22-17-19(2)18-23(24(22)26-6)28(9,10)25(3,4)5/h13,15,17-18H,11-12,14,16H2,1-10H3. The summed E-state index contributed by atoms with van der Waals surface area (Å²) in [5.41, 5.74) is 2.99. The molecule has 1 aliphatic carbocycles. The lowest BCUT2D eigenvalue weighted by atomic mass is 10.1. The lowest BCUT2D eigenvalue weighted by Gasteiger charge is -2.40. The fourth-order valence-corrected chi connectivity index (χ4v) is 9.98. The van der Waals surface area contributed by atoms with Crippen LogP contribution >= 0.6 is 0 Å². The Labute approximate surface area is 176 Å². The molecule has 0 atom stereocenters. The second-order valence-electron chi connectivity index (χ2n) is 10.6. The van der Waals surface area contributed by atoms with Crippen LogP contribution in [0.3, 0.4) is 0 Å². The molecule has 1 aromatic rings. The fraction of sp³-hybridized carbons (Fsp3) is 0.600. The zero-order chi connectivity index (χ0) is 21.3. The molecule has 0 N–H and O–H groups in total. The molecule has 1 aliphatic rings. The Morgan fingerprint density at radius 1 is 1.04 bits per heavy atom. The predicted molar refractivity (Wildman–Crippen MR) is 132 cm³/mol. The minimum atomic E-state index is -1.81. The second kappa shape index (κ2) is 8.35. The third-order valence-electron chi connectivity index (χ3n) is 7.24. The van der Waals surface area contributed by atoms with Crippen molar-refractivity contribution in [1.82, 2.24) is 0 Å². The molecule has 0 spiro atoms. The minimum Gasteiger partial charge on any atom is -0.497 e. The summed E-state index contributed by atoms with van der Waals surface area (Å²) in [7, 11) is -1.63. The molecule has 2 rings (SSSR count). The van der Waals surface area contributed by atoms with E-state index in [1.165, 1.54) is 40.9 Å². The van der Waals surface area contributed by atoms with Gasteiger partial charge in [-0.05, 0) is 41.6 Å². The molecule has 0 bridgehead atoms. The van der Waals surface area contributed by atoms with Gasteiger partial charge in [-0.3, -0.25) is 0 Å². The summed E-state index contributed by atoms with van der Waals surface area (Å²) in [5.74, 6) is 1.20. The molecule has 0 aliphatic heterocycles. The SMILES string of the molecule is CCCCC1=C([Si](C)(C)c2cc(C)cc([Si](C)(C)C(C)(C)C)c2OC)CC=C1. The predicted octanol–water partition coefficient (Wildman–Crippen LogP) is 6.62. The molecular formula is C25H42OSi2. The largest absolute Gasteiger partial charge is 0.497 e. The van der Waals surface area contributed by atoms with Crippen molar-refractivity contribution in [2.75, 3.05) is 7.11 Å². The number of ether oxygens (including phenoxy) is 1. The highest BCUT2D eigenvalue weighted by atomic mass is 28.3. The Bertz CT molecular complexity index is 776. The molecule has 0 unspecified atom stereocenters. The summed E-state index contributed by atoms with van der Waals surface area (Å²) in [6.45, 7) is 21.8. The van der Waals surface area contributed by atoms with Crippen LogP contribution in [0, 0.1) is 6.92 Å². The van der Waals surface area contributed by atoms with Gasteiger partial charge in [0.2, 0.25) is 0 Å². The van der Waals surface area contributed by atoms with E-state index in [2.05, 4.69) is 85.1 Å². The Morgan fingerprint density at radius 3 is 2.18 bits per heavy atom. The van der Waals surface area contributed by atoms with E-state index < -0.39 is 16.1 Å². The molecule has 28 heavy (non-hydrogen) atoms. The van der Waals surface area contributed by atoms with Gasteiger partial charge < -0.3 is 4.74 Å². The van der Waals surface area contributed by atoms with Crippen LogP contribution in [0.25, 0.3) is 0 Å². The highest BCUT2D eigenvalue weighted by molar-refractivity contribution is 6.98. The van der Waals surface area contributed by atoms with Crippen LogP contribution in [0.5, 0.6) is 5.75 Å². The second-order valence-corrected chi connectivity index (χ2v) is 20.3. The molecule has 0 amide bonds. The molecule has 0 fully saturated rings. The van der Waals surface area contributed by atoms with Crippen LogP contribution in [-0.4, -0.2) is 23.3 Å².